The second-order valence-corrected chi connectivity index (χ2v) is 7.97. The van der Waals surface area contributed by atoms with Crippen LogP contribution in [0.15, 0.2) is 35.2 Å². The molecule has 6 heteroatoms. The van der Waals surface area contributed by atoms with Crippen LogP contribution < -0.4 is 10.1 Å². The number of fused-ring (bicyclic) bond motifs is 2. The number of carbonyl (C=O) groups is 1. The van der Waals surface area contributed by atoms with Crippen LogP contribution in [0.5, 0.6) is 5.75 Å². The number of rotatable bonds is 4. The van der Waals surface area contributed by atoms with E-state index in [0.29, 0.717) is 13.0 Å². The number of ether oxygens (including phenoxy) is 2. The van der Waals surface area contributed by atoms with Crippen molar-refractivity contribution in [3.63, 3.8) is 0 Å². The first-order valence-electron chi connectivity index (χ1n) is 9.58. The number of benzene rings is 1. The number of halogens is 1. The number of hydrogen-bond donors (Lipinski definition) is 1. The van der Waals surface area contributed by atoms with Gasteiger partial charge in [0.25, 0.3) is 0 Å². The van der Waals surface area contributed by atoms with Crippen LogP contribution in [0.1, 0.15) is 47.3 Å². The van der Waals surface area contributed by atoms with Crippen molar-refractivity contribution in [3.05, 3.63) is 56.8 Å². The molecule has 3 heterocycles. The molecule has 0 saturated carbocycles. The SMILES string of the molecule is COC(=O)CCCc1ccc2c(c1)C(=C1CCNCC1)c1sccc1CO2.Cl. The minimum atomic E-state index is -0.145. The average Bonchev–Trinajstić information content (AvgIpc) is 3.10. The summed E-state index contributed by atoms with van der Waals surface area (Å²) in [6.07, 6.45) is 4.28. The number of aryl methyl sites for hydroxylation is 1. The molecule has 2 aromatic rings. The first-order chi connectivity index (χ1) is 13.3. The Balaban J connectivity index is 0.00000225. The number of methoxy groups -OCH3 is 1. The number of thiophene rings is 1. The molecule has 1 aromatic heterocycles. The van der Waals surface area contributed by atoms with Crippen LogP contribution in [-0.2, 0) is 22.6 Å². The van der Waals surface area contributed by atoms with Crippen molar-refractivity contribution >= 4 is 35.3 Å². The number of carbonyl (C=O) groups excluding carboxylic acids is 1. The minimum Gasteiger partial charge on any atom is -0.488 e. The summed E-state index contributed by atoms with van der Waals surface area (Å²) in [6.45, 7) is 2.70. The van der Waals surface area contributed by atoms with E-state index in [2.05, 4.69) is 35.0 Å². The van der Waals surface area contributed by atoms with Crippen LogP contribution in [0.3, 0.4) is 0 Å². The second kappa shape index (κ2) is 9.59. The first kappa shape index (κ1) is 20.9. The summed E-state index contributed by atoms with van der Waals surface area (Å²) in [6, 6.07) is 8.68. The molecule has 0 radical (unpaired) electrons. The molecule has 28 heavy (non-hydrogen) atoms. The van der Waals surface area contributed by atoms with Crippen LogP contribution in [0.2, 0.25) is 0 Å². The maximum absolute atomic E-state index is 11.4. The van der Waals surface area contributed by atoms with E-state index >= 15 is 0 Å². The van der Waals surface area contributed by atoms with Gasteiger partial charge in [-0.2, -0.15) is 0 Å². The van der Waals surface area contributed by atoms with E-state index in [0.717, 1.165) is 44.5 Å². The third-order valence-corrected chi connectivity index (χ3v) is 6.28. The summed E-state index contributed by atoms with van der Waals surface area (Å²) < 4.78 is 10.9. The highest BCUT2D eigenvalue weighted by Gasteiger charge is 2.24. The Kier molecular flexibility index (Phi) is 7.16. The Morgan fingerprint density at radius 1 is 1.25 bits per heavy atom. The summed E-state index contributed by atoms with van der Waals surface area (Å²) in [7, 11) is 1.44. The zero-order chi connectivity index (χ0) is 18.6. The summed E-state index contributed by atoms with van der Waals surface area (Å²) in [5, 5.41) is 5.63. The minimum absolute atomic E-state index is 0. The van der Waals surface area contributed by atoms with Gasteiger partial charge in [0.15, 0.2) is 0 Å². The van der Waals surface area contributed by atoms with E-state index in [1.165, 1.54) is 39.8 Å². The van der Waals surface area contributed by atoms with Crippen molar-refractivity contribution in [1.82, 2.24) is 5.32 Å². The van der Waals surface area contributed by atoms with Crippen molar-refractivity contribution in [2.45, 2.75) is 38.7 Å². The zero-order valence-corrected chi connectivity index (χ0v) is 17.7. The summed E-state index contributed by atoms with van der Waals surface area (Å²) >= 11 is 1.82. The lowest BCUT2D eigenvalue weighted by Gasteiger charge is -2.21. The fourth-order valence-corrected chi connectivity index (χ4v) is 4.89. The Labute approximate surface area is 176 Å². The standard InChI is InChI=1S/C22H25NO3S.ClH/c1-25-20(24)4-2-3-15-5-6-19-18(13-15)21(16-7-10-23-11-8-16)22-17(14-26-19)9-12-27-22;/h5-6,9,12-13,23H,2-4,7-8,10-11,14H2,1H3;1H. The van der Waals surface area contributed by atoms with E-state index in [1.54, 1.807) is 0 Å². The Morgan fingerprint density at radius 2 is 2.07 bits per heavy atom. The highest BCUT2D eigenvalue weighted by Crippen LogP contribution is 2.43. The maximum Gasteiger partial charge on any atom is 0.305 e. The molecular weight excluding hydrogens is 394 g/mol. The van der Waals surface area contributed by atoms with E-state index in [1.807, 2.05) is 11.3 Å². The van der Waals surface area contributed by atoms with Crippen molar-refractivity contribution in [2.24, 2.45) is 0 Å². The average molecular weight is 420 g/mol. The number of piperidine rings is 1. The van der Waals surface area contributed by atoms with E-state index in [4.69, 9.17) is 9.47 Å². The third-order valence-electron chi connectivity index (χ3n) is 5.31. The Bertz CT molecular complexity index is 866. The van der Waals surface area contributed by atoms with Crippen LogP contribution in [0, 0.1) is 0 Å². The fourth-order valence-electron chi connectivity index (χ4n) is 3.87. The molecule has 2 aliphatic heterocycles. The zero-order valence-electron chi connectivity index (χ0n) is 16.1. The quantitative estimate of drug-likeness (QED) is 0.727. The highest BCUT2D eigenvalue weighted by atomic mass is 35.5. The van der Waals surface area contributed by atoms with Crippen LogP contribution in [-0.4, -0.2) is 26.2 Å². The van der Waals surface area contributed by atoms with Crippen LogP contribution in [0.4, 0.5) is 0 Å². The predicted octanol–water partition coefficient (Wildman–Crippen LogP) is 4.74. The number of hydrogen-bond acceptors (Lipinski definition) is 5. The van der Waals surface area contributed by atoms with Crippen LogP contribution >= 0.6 is 23.7 Å². The molecule has 4 rings (SSSR count). The molecule has 1 saturated heterocycles. The Hall–Kier alpha value is -1.82. The lowest BCUT2D eigenvalue weighted by atomic mass is 9.90. The molecule has 0 unspecified atom stereocenters. The number of esters is 1. The van der Waals surface area contributed by atoms with Gasteiger partial charge < -0.3 is 14.8 Å². The normalized spacial score (nSPS) is 15.6. The molecule has 0 spiro atoms. The van der Waals surface area contributed by atoms with Gasteiger partial charge in [-0.1, -0.05) is 11.6 Å². The Morgan fingerprint density at radius 3 is 2.86 bits per heavy atom. The molecule has 1 fully saturated rings. The van der Waals surface area contributed by atoms with Crippen molar-refractivity contribution < 1.29 is 14.3 Å². The van der Waals surface area contributed by atoms with Crippen molar-refractivity contribution in [1.29, 1.82) is 0 Å². The molecule has 1 N–H and O–H groups in total. The van der Waals surface area contributed by atoms with Crippen molar-refractivity contribution in [2.75, 3.05) is 20.2 Å². The van der Waals surface area contributed by atoms with E-state index in [9.17, 15) is 4.79 Å². The summed E-state index contributed by atoms with van der Waals surface area (Å²) in [4.78, 5) is 12.8. The lowest BCUT2D eigenvalue weighted by Crippen LogP contribution is -2.23. The van der Waals surface area contributed by atoms with Gasteiger partial charge in [-0.3, -0.25) is 4.79 Å². The third kappa shape index (κ3) is 4.43. The first-order valence-corrected chi connectivity index (χ1v) is 10.5. The maximum atomic E-state index is 11.4. The van der Waals surface area contributed by atoms with Gasteiger partial charge in [-0.15, -0.1) is 23.7 Å². The monoisotopic (exact) mass is 419 g/mol. The molecule has 2 aliphatic rings. The van der Waals surface area contributed by atoms with Crippen molar-refractivity contribution in [3.8, 4) is 5.75 Å². The summed E-state index contributed by atoms with van der Waals surface area (Å²) in [5.41, 5.74) is 6.64. The number of nitrogens with one attached hydrogen (secondary N) is 1. The smallest absolute Gasteiger partial charge is 0.305 e. The molecule has 4 nitrogen and oxygen atoms in total. The van der Waals surface area contributed by atoms with Gasteiger partial charge in [0.05, 0.1) is 7.11 Å². The van der Waals surface area contributed by atoms with Crippen LogP contribution in [0.25, 0.3) is 5.57 Å². The fraction of sp³-hybridized carbons (Fsp3) is 0.409. The molecule has 150 valence electrons. The molecule has 0 amide bonds. The van der Waals surface area contributed by atoms with Gasteiger partial charge in [0.2, 0.25) is 0 Å². The highest BCUT2D eigenvalue weighted by molar-refractivity contribution is 7.11. The van der Waals surface area contributed by atoms with Gasteiger partial charge in [0, 0.05) is 28.0 Å². The topological polar surface area (TPSA) is 47.6 Å². The van der Waals surface area contributed by atoms with E-state index < -0.39 is 0 Å². The molecule has 0 bridgehead atoms. The van der Waals surface area contributed by atoms with Gasteiger partial charge in [-0.25, -0.2) is 0 Å². The molecular formula is C22H26ClNO3S. The predicted molar refractivity (Wildman–Crippen MR) is 115 cm³/mol. The largest absolute Gasteiger partial charge is 0.488 e. The van der Waals surface area contributed by atoms with Gasteiger partial charge >= 0.3 is 5.97 Å². The van der Waals surface area contributed by atoms with Gasteiger partial charge in [-0.05, 0) is 67.9 Å². The second-order valence-electron chi connectivity index (χ2n) is 7.05. The van der Waals surface area contributed by atoms with E-state index in [-0.39, 0.29) is 18.4 Å². The van der Waals surface area contributed by atoms with Gasteiger partial charge in [0.1, 0.15) is 12.4 Å². The molecule has 0 atom stereocenters. The molecule has 1 aromatic carbocycles. The molecule has 0 aliphatic carbocycles. The lowest BCUT2D eigenvalue weighted by molar-refractivity contribution is -0.140. The summed E-state index contributed by atoms with van der Waals surface area (Å²) in [5.74, 6) is 0.824.